The Balaban J connectivity index is 2.01. The summed E-state index contributed by atoms with van der Waals surface area (Å²) < 4.78 is 26.3. The Kier molecular flexibility index (Phi) is 4.27. The van der Waals surface area contributed by atoms with Crippen LogP contribution in [0, 0.1) is 17.6 Å². The minimum Gasteiger partial charge on any atom is -0.396 e. The molecule has 1 saturated heterocycles. The minimum absolute atomic E-state index is 0.0798. The molecular weight excluding hydrogens is 240 g/mol. The maximum atomic E-state index is 13.5. The van der Waals surface area contributed by atoms with Crippen LogP contribution in [0.3, 0.4) is 0 Å². The number of rotatable bonds is 3. The van der Waals surface area contributed by atoms with Crippen molar-refractivity contribution in [3.63, 3.8) is 0 Å². The molecule has 0 aliphatic carbocycles. The van der Waals surface area contributed by atoms with E-state index < -0.39 is 17.7 Å². The van der Waals surface area contributed by atoms with E-state index in [1.54, 1.807) is 0 Å². The second-order valence-corrected chi connectivity index (χ2v) is 4.77. The third kappa shape index (κ3) is 3.04. The van der Waals surface area contributed by atoms with E-state index in [1.165, 1.54) is 12.1 Å². The first kappa shape index (κ1) is 13.4. The van der Waals surface area contributed by atoms with Crippen molar-refractivity contribution < 1.29 is 19.0 Å². The molecule has 0 radical (unpaired) electrons. The maximum Gasteiger partial charge on any atom is 0.130 e. The molecule has 2 N–H and O–H groups in total. The predicted octanol–water partition coefficient (Wildman–Crippen LogP) is 1.14. The number of benzene rings is 1. The Morgan fingerprint density at radius 3 is 2.78 bits per heavy atom. The van der Waals surface area contributed by atoms with Gasteiger partial charge in [0.2, 0.25) is 0 Å². The third-order valence-corrected chi connectivity index (χ3v) is 3.42. The van der Waals surface area contributed by atoms with Gasteiger partial charge in [0.15, 0.2) is 0 Å². The van der Waals surface area contributed by atoms with E-state index in [-0.39, 0.29) is 12.5 Å². The summed E-state index contributed by atoms with van der Waals surface area (Å²) in [4.78, 5) is 1.96. The number of nitrogens with zero attached hydrogens (tertiary/aromatic N) is 1. The first-order chi connectivity index (χ1) is 8.60. The van der Waals surface area contributed by atoms with Crippen LogP contribution in [0.25, 0.3) is 0 Å². The standard InChI is InChI=1S/C13H17F2NO2/c14-11-2-1-9(12(15)5-11)6-16-4-3-13(18)10(7-16)8-17/h1-2,5,10,13,17-18H,3-4,6-8H2/t10-,13-/m1/s1. The molecule has 5 heteroatoms. The van der Waals surface area contributed by atoms with Gasteiger partial charge < -0.3 is 10.2 Å². The molecule has 0 aromatic heterocycles. The molecule has 2 rings (SSSR count). The van der Waals surface area contributed by atoms with Crippen LogP contribution in [-0.2, 0) is 6.54 Å². The van der Waals surface area contributed by atoms with Crippen LogP contribution in [0.4, 0.5) is 8.78 Å². The van der Waals surface area contributed by atoms with Gasteiger partial charge in [0.1, 0.15) is 11.6 Å². The van der Waals surface area contributed by atoms with Crippen molar-refractivity contribution in [2.24, 2.45) is 5.92 Å². The van der Waals surface area contributed by atoms with Crippen LogP contribution in [0.15, 0.2) is 18.2 Å². The number of likely N-dealkylation sites (tertiary alicyclic amines) is 1. The van der Waals surface area contributed by atoms with E-state index in [9.17, 15) is 13.9 Å². The van der Waals surface area contributed by atoms with Gasteiger partial charge in [0.25, 0.3) is 0 Å². The van der Waals surface area contributed by atoms with Crippen LogP contribution >= 0.6 is 0 Å². The van der Waals surface area contributed by atoms with Gasteiger partial charge in [-0.05, 0) is 12.5 Å². The van der Waals surface area contributed by atoms with Crippen molar-refractivity contribution in [2.45, 2.75) is 19.1 Å². The van der Waals surface area contributed by atoms with Crippen LogP contribution < -0.4 is 0 Å². The lowest BCUT2D eigenvalue weighted by atomic mass is 9.95. The highest BCUT2D eigenvalue weighted by Crippen LogP contribution is 2.20. The first-order valence-electron chi connectivity index (χ1n) is 6.05. The summed E-state index contributed by atoms with van der Waals surface area (Å²) in [5.74, 6) is -1.33. The van der Waals surface area contributed by atoms with Gasteiger partial charge in [-0.2, -0.15) is 0 Å². The average Bonchev–Trinajstić information content (AvgIpc) is 2.35. The lowest BCUT2D eigenvalue weighted by Gasteiger charge is -2.35. The summed E-state index contributed by atoms with van der Waals surface area (Å²) in [6, 6.07) is 3.54. The smallest absolute Gasteiger partial charge is 0.130 e. The Morgan fingerprint density at radius 1 is 1.33 bits per heavy atom. The van der Waals surface area contributed by atoms with Gasteiger partial charge in [-0.15, -0.1) is 0 Å². The lowest BCUT2D eigenvalue weighted by Crippen LogP contribution is -2.44. The molecule has 1 aliphatic rings. The predicted molar refractivity (Wildman–Crippen MR) is 62.8 cm³/mol. The quantitative estimate of drug-likeness (QED) is 0.853. The molecule has 0 bridgehead atoms. The average molecular weight is 257 g/mol. The SMILES string of the molecule is OC[C@H]1CN(Cc2ccc(F)cc2F)CC[C@H]1O. The number of piperidine rings is 1. The number of hydrogen-bond acceptors (Lipinski definition) is 3. The third-order valence-electron chi connectivity index (χ3n) is 3.42. The maximum absolute atomic E-state index is 13.5. The minimum atomic E-state index is -0.585. The summed E-state index contributed by atoms with van der Waals surface area (Å²) in [6.45, 7) is 1.46. The Labute approximate surface area is 105 Å². The monoisotopic (exact) mass is 257 g/mol. The largest absolute Gasteiger partial charge is 0.396 e. The molecule has 2 atom stereocenters. The highest BCUT2D eigenvalue weighted by molar-refractivity contribution is 5.18. The normalized spacial score (nSPS) is 25.3. The summed E-state index contributed by atoms with van der Waals surface area (Å²) in [5.41, 5.74) is 0.435. The van der Waals surface area contributed by atoms with E-state index in [0.717, 1.165) is 6.07 Å². The molecule has 1 aliphatic heterocycles. The molecule has 1 aromatic carbocycles. The number of aliphatic hydroxyl groups is 2. The zero-order chi connectivity index (χ0) is 13.1. The van der Waals surface area contributed by atoms with Crippen molar-refractivity contribution in [3.8, 4) is 0 Å². The van der Waals surface area contributed by atoms with Gasteiger partial charge in [-0.1, -0.05) is 6.07 Å². The molecule has 0 amide bonds. The topological polar surface area (TPSA) is 43.7 Å². The fourth-order valence-electron chi connectivity index (χ4n) is 2.31. The van der Waals surface area contributed by atoms with E-state index in [4.69, 9.17) is 5.11 Å². The first-order valence-corrected chi connectivity index (χ1v) is 6.05. The molecule has 100 valence electrons. The molecule has 1 aromatic rings. The fourth-order valence-corrected chi connectivity index (χ4v) is 2.31. The highest BCUT2D eigenvalue weighted by Gasteiger charge is 2.27. The van der Waals surface area contributed by atoms with E-state index in [0.29, 0.717) is 31.6 Å². The molecule has 3 nitrogen and oxygen atoms in total. The van der Waals surface area contributed by atoms with Gasteiger partial charge >= 0.3 is 0 Å². The van der Waals surface area contributed by atoms with Gasteiger partial charge in [-0.25, -0.2) is 8.78 Å². The summed E-state index contributed by atoms with van der Waals surface area (Å²) in [5, 5.41) is 18.8. The number of hydrogen-bond donors (Lipinski definition) is 2. The van der Waals surface area contributed by atoms with Crippen molar-refractivity contribution in [1.29, 1.82) is 0 Å². The van der Waals surface area contributed by atoms with E-state index in [1.807, 2.05) is 4.90 Å². The molecule has 1 fully saturated rings. The molecule has 0 unspecified atom stereocenters. The summed E-state index contributed by atoms with van der Waals surface area (Å²) >= 11 is 0. The Bertz CT molecular complexity index is 414. The van der Waals surface area contributed by atoms with Crippen LogP contribution in [0.5, 0.6) is 0 Å². The molecule has 1 heterocycles. The fraction of sp³-hybridized carbons (Fsp3) is 0.538. The van der Waals surface area contributed by atoms with Crippen LogP contribution in [-0.4, -0.2) is 40.9 Å². The van der Waals surface area contributed by atoms with Crippen molar-refractivity contribution in [2.75, 3.05) is 19.7 Å². The van der Waals surface area contributed by atoms with Crippen LogP contribution in [0.1, 0.15) is 12.0 Å². The molecule has 0 spiro atoms. The molecule has 0 saturated carbocycles. The van der Waals surface area contributed by atoms with Crippen LogP contribution in [0.2, 0.25) is 0 Å². The molecular formula is C13H17F2NO2. The van der Waals surface area contributed by atoms with Crippen molar-refractivity contribution >= 4 is 0 Å². The van der Waals surface area contributed by atoms with Gasteiger partial charge in [-0.3, -0.25) is 4.90 Å². The lowest BCUT2D eigenvalue weighted by molar-refractivity contribution is -0.00226. The second kappa shape index (κ2) is 5.73. The van der Waals surface area contributed by atoms with Gasteiger partial charge in [0.05, 0.1) is 6.10 Å². The Morgan fingerprint density at radius 2 is 2.11 bits per heavy atom. The van der Waals surface area contributed by atoms with Crippen molar-refractivity contribution in [1.82, 2.24) is 4.90 Å². The van der Waals surface area contributed by atoms with E-state index in [2.05, 4.69) is 0 Å². The number of aliphatic hydroxyl groups excluding tert-OH is 2. The van der Waals surface area contributed by atoms with E-state index >= 15 is 0 Å². The van der Waals surface area contributed by atoms with Gasteiger partial charge in [0, 0.05) is 43.8 Å². The Hall–Kier alpha value is -1.04. The number of halogens is 2. The summed E-state index contributed by atoms with van der Waals surface area (Å²) in [6.07, 6.45) is 0.0675. The highest BCUT2D eigenvalue weighted by atomic mass is 19.1. The van der Waals surface area contributed by atoms with Crippen molar-refractivity contribution in [3.05, 3.63) is 35.4 Å². The zero-order valence-corrected chi connectivity index (χ0v) is 10.0. The second-order valence-electron chi connectivity index (χ2n) is 4.77. The molecule has 18 heavy (non-hydrogen) atoms. The zero-order valence-electron chi connectivity index (χ0n) is 10.0. The summed E-state index contributed by atoms with van der Waals surface area (Å²) in [7, 11) is 0.